The summed E-state index contributed by atoms with van der Waals surface area (Å²) in [5, 5.41) is 0. The fourth-order valence-electron chi connectivity index (χ4n) is 1.51. The number of halogens is 1. The number of nitrogens with zero attached hydrogens (tertiary/aromatic N) is 2. The summed E-state index contributed by atoms with van der Waals surface area (Å²) in [5.74, 6) is 7.85. The van der Waals surface area contributed by atoms with Gasteiger partial charge in [-0.25, -0.2) is 10.8 Å². The van der Waals surface area contributed by atoms with Crippen LogP contribution in [-0.4, -0.2) is 9.97 Å². The van der Waals surface area contributed by atoms with Gasteiger partial charge in [-0.3, -0.25) is 0 Å². The third-order valence-corrected chi connectivity index (χ3v) is 3.28. The van der Waals surface area contributed by atoms with Crippen LogP contribution in [0.4, 0.5) is 5.82 Å². The molecule has 0 aliphatic carbocycles. The molecule has 0 atom stereocenters. The number of benzene rings is 1. The predicted octanol–water partition coefficient (Wildman–Crippen LogP) is 3.46. The number of aromatic nitrogens is 2. The lowest BCUT2D eigenvalue weighted by molar-refractivity contribution is 0.446. The summed E-state index contributed by atoms with van der Waals surface area (Å²) in [4.78, 5) is 8.79. The van der Waals surface area contributed by atoms with Gasteiger partial charge in [0.1, 0.15) is 17.4 Å². The number of nitrogens with one attached hydrogen (secondary N) is 1. The van der Waals surface area contributed by atoms with E-state index in [0.717, 1.165) is 9.32 Å². The Kier molecular flexibility index (Phi) is 4.44. The van der Waals surface area contributed by atoms with Crippen molar-refractivity contribution >= 4 is 28.4 Å². The van der Waals surface area contributed by atoms with E-state index in [1.807, 2.05) is 45.0 Å². The van der Waals surface area contributed by atoms with Gasteiger partial charge in [-0.2, -0.15) is 4.98 Å². The van der Waals surface area contributed by atoms with Crippen molar-refractivity contribution in [3.05, 3.63) is 39.7 Å². The number of anilines is 1. The molecule has 20 heavy (non-hydrogen) atoms. The zero-order chi connectivity index (χ0) is 14.8. The lowest BCUT2D eigenvalue weighted by Gasteiger charge is -2.18. The molecular formula is C14H17IN4O. The molecule has 1 aromatic heterocycles. The SMILES string of the molecule is CC(C)(C)c1nc(NN)cc(Oc2ccc(I)cc2)n1. The number of nitrogen functional groups attached to an aromatic ring is 1. The Balaban J connectivity index is 2.33. The Hall–Kier alpha value is -1.41. The van der Waals surface area contributed by atoms with Crippen LogP contribution in [0.2, 0.25) is 0 Å². The molecule has 6 heteroatoms. The van der Waals surface area contributed by atoms with Gasteiger partial charge in [0.05, 0.1) is 0 Å². The zero-order valence-electron chi connectivity index (χ0n) is 11.6. The fourth-order valence-corrected chi connectivity index (χ4v) is 1.87. The Morgan fingerprint density at radius 2 is 1.80 bits per heavy atom. The molecule has 5 nitrogen and oxygen atoms in total. The summed E-state index contributed by atoms with van der Waals surface area (Å²) >= 11 is 2.25. The van der Waals surface area contributed by atoms with Crippen LogP contribution in [0.3, 0.4) is 0 Å². The lowest BCUT2D eigenvalue weighted by atomic mass is 9.96. The Morgan fingerprint density at radius 3 is 2.35 bits per heavy atom. The molecule has 1 aromatic carbocycles. The van der Waals surface area contributed by atoms with Gasteiger partial charge >= 0.3 is 0 Å². The number of nitrogens with two attached hydrogens (primary N) is 1. The molecule has 0 fully saturated rings. The normalized spacial score (nSPS) is 11.2. The van der Waals surface area contributed by atoms with E-state index >= 15 is 0 Å². The second-order valence-corrected chi connectivity index (χ2v) is 6.61. The third kappa shape index (κ3) is 3.80. The highest BCUT2D eigenvalue weighted by atomic mass is 127. The molecule has 0 aliphatic rings. The van der Waals surface area contributed by atoms with Crippen molar-refractivity contribution in [3.63, 3.8) is 0 Å². The number of rotatable bonds is 3. The number of hydrazine groups is 1. The minimum Gasteiger partial charge on any atom is -0.439 e. The third-order valence-electron chi connectivity index (χ3n) is 2.56. The quantitative estimate of drug-likeness (QED) is 0.482. The summed E-state index contributed by atoms with van der Waals surface area (Å²) in [6, 6.07) is 9.42. The van der Waals surface area contributed by atoms with Gasteiger partial charge in [-0.1, -0.05) is 20.8 Å². The van der Waals surface area contributed by atoms with E-state index in [1.165, 1.54) is 0 Å². The van der Waals surface area contributed by atoms with Crippen LogP contribution in [0.15, 0.2) is 30.3 Å². The maximum Gasteiger partial charge on any atom is 0.224 e. The van der Waals surface area contributed by atoms with Crippen LogP contribution in [0.1, 0.15) is 26.6 Å². The average Bonchev–Trinajstić information content (AvgIpc) is 2.40. The number of hydrogen-bond acceptors (Lipinski definition) is 5. The van der Waals surface area contributed by atoms with E-state index in [1.54, 1.807) is 6.07 Å². The van der Waals surface area contributed by atoms with Crippen molar-refractivity contribution in [1.29, 1.82) is 0 Å². The minimum absolute atomic E-state index is 0.183. The molecule has 0 radical (unpaired) electrons. The largest absolute Gasteiger partial charge is 0.439 e. The molecule has 0 spiro atoms. The van der Waals surface area contributed by atoms with Gasteiger partial charge in [0.25, 0.3) is 0 Å². The summed E-state index contributed by atoms with van der Waals surface area (Å²) in [7, 11) is 0. The molecule has 0 bridgehead atoms. The predicted molar refractivity (Wildman–Crippen MR) is 87.8 cm³/mol. The first-order chi connectivity index (χ1) is 9.38. The maximum absolute atomic E-state index is 5.76. The molecule has 2 aromatic rings. The minimum atomic E-state index is -0.183. The van der Waals surface area contributed by atoms with Gasteiger partial charge in [0, 0.05) is 15.1 Å². The summed E-state index contributed by atoms with van der Waals surface area (Å²) in [6.45, 7) is 6.12. The smallest absolute Gasteiger partial charge is 0.224 e. The second kappa shape index (κ2) is 5.92. The van der Waals surface area contributed by atoms with Crippen molar-refractivity contribution in [2.75, 3.05) is 5.43 Å². The van der Waals surface area contributed by atoms with E-state index in [4.69, 9.17) is 10.6 Å². The monoisotopic (exact) mass is 384 g/mol. The van der Waals surface area contributed by atoms with Crippen LogP contribution in [0, 0.1) is 3.57 Å². The standard InChI is InChI=1S/C14H17IN4O/c1-14(2,3)13-17-11(19-16)8-12(18-13)20-10-6-4-9(15)5-7-10/h4-8H,16H2,1-3H3,(H,17,18,19). The maximum atomic E-state index is 5.76. The Bertz CT molecular complexity index is 593. The van der Waals surface area contributed by atoms with Crippen molar-refractivity contribution in [3.8, 4) is 11.6 Å². The van der Waals surface area contributed by atoms with Gasteiger partial charge in [-0.05, 0) is 46.9 Å². The fraction of sp³-hybridized carbons (Fsp3) is 0.286. The summed E-state index contributed by atoms with van der Waals surface area (Å²) in [6.07, 6.45) is 0. The molecule has 1 heterocycles. The Morgan fingerprint density at radius 1 is 1.15 bits per heavy atom. The van der Waals surface area contributed by atoms with E-state index < -0.39 is 0 Å². The molecular weight excluding hydrogens is 367 g/mol. The molecule has 2 rings (SSSR count). The van der Waals surface area contributed by atoms with Crippen molar-refractivity contribution in [2.45, 2.75) is 26.2 Å². The van der Waals surface area contributed by atoms with E-state index in [2.05, 4.69) is 38.0 Å². The molecule has 0 saturated heterocycles. The van der Waals surface area contributed by atoms with Crippen LogP contribution >= 0.6 is 22.6 Å². The first-order valence-corrected chi connectivity index (χ1v) is 7.26. The van der Waals surface area contributed by atoms with Crippen molar-refractivity contribution < 1.29 is 4.74 Å². The zero-order valence-corrected chi connectivity index (χ0v) is 13.8. The van der Waals surface area contributed by atoms with Gasteiger partial charge in [-0.15, -0.1) is 0 Å². The highest BCUT2D eigenvalue weighted by Gasteiger charge is 2.19. The Labute approximate surface area is 132 Å². The van der Waals surface area contributed by atoms with Gasteiger partial charge in [0.2, 0.25) is 5.88 Å². The van der Waals surface area contributed by atoms with Gasteiger partial charge in [0.15, 0.2) is 0 Å². The van der Waals surface area contributed by atoms with Crippen LogP contribution in [0.5, 0.6) is 11.6 Å². The van der Waals surface area contributed by atoms with Crippen LogP contribution < -0.4 is 16.0 Å². The van der Waals surface area contributed by atoms with E-state index in [9.17, 15) is 0 Å². The van der Waals surface area contributed by atoms with Crippen LogP contribution in [0.25, 0.3) is 0 Å². The van der Waals surface area contributed by atoms with Crippen LogP contribution in [-0.2, 0) is 5.41 Å². The molecule has 0 amide bonds. The molecule has 0 saturated carbocycles. The first kappa shape index (κ1) is 15.0. The topological polar surface area (TPSA) is 73.1 Å². The summed E-state index contributed by atoms with van der Waals surface area (Å²) in [5.41, 5.74) is 2.36. The molecule has 3 N–H and O–H groups in total. The van der Waals surface area contributed by atoms with Gasteiger partial charge < -0.3 is 10.2 Å². The van der Waals surface area contributed by atoms with Crippen molar-refractivity contribution in [1.82, 2.24) is 9.97 Å². The lowest BCUT2D eigenvalue weighted by Crippen LogP contribution is -2.19. The molecule has 0 unspecified atom stereocenters. The highest BCUT2D eigenvalue weighted by Crippen LogP contribution is 2.26. The van der Waals surface area contributed by atoms with E-state index in [-0.39, 0.29) is 5.41 Å². The number of ether oxygens (including phenoxy) is 1. The van der Waals surface area contributed by atoms with Crippen molar-refractivity contribution in [2.24, 2.45) is 5.84 Å². The first-order valence-electron chi connectivity index (χ1n) is 6.18. The molecule has 0 aliphatic heterocycles. The second-order valence-electron chi connectivity index (χ2n) is 5.37. The number of hydrogen-bond donors (Lipinski definition) is 2. The molecule has 106 valence electrons. The average molecular weight is 384 g/mol. The van der Waals surface area contributed by atoms with E-state index in [0.29, 0.717) is 17.5 Å². The summed E-state index contributed by atoms with van der Waals surface area (Å²) < 4.78 is 6.91. The highest BCUT2D eigenvalue weighted by molar-refractivity contribution is 14.1.